The van der Waals surface area contributed by atoms with Crippen molar-refractivity contribution in [1.82, 2.24) is 5.32 Å². The van der Waals surface area contributed by atoms with Crippen molar-refractivity contribution in [2.75, 3.05) is 6.54 Å². The third-order valence-corrected chi connectivity index (χ3v) is 3.88. The standard InChI is InChI=1S/C15H13N/c1-2-7-14-13(6-1)11-9-12-5-3-4-8-15(12,14)16-10-11/h1-2,4-9,16H,3,10H2. The van der Waals surface area contributed by atoms with Gasteiger partial charge in [0.25, 0.3) is 0 Å². The van der Waals surface area contributed by atoms with Crippen molar-refractivity contribution < 1.29 is 0 Å². The Labute approximate surface area is 95.2 Å². The average molecular weight is 207 g/mol. The largest absolute Gasteiger partial charge is 0.296 e. The lowest BCUT2D eigenvalue weighted by atomic mass is 9.68. The first-order valence-electron chi connectivity index (χ1n) is 5.84. The van der Waals surface area contributed by atoms with Crippen LogP contribution in [0.3, 0.4) is 0 Å². The molecule has 2 aliphatic carbocycles. The monoisotopic (exact) mass is 207 g/mol. The van der Waals surface area contributed by atoms with Gasteiger partial charge in [-0.05, 0) is 28.7 Å². The van der Waals surface area contributed by atoms with Crippen LogP contribution in [0.15, 0.2) is 54.1 Å². The third-order valence-electron chi connectivity index (χ3n) is 3.88. The minimum absolute atomic E-state index is 0.0312. The lowest BCUT2D eigenvalue weighted by molar-refractivity contribution is 0.488. The minimum atomic E-state index is -0.0312. The van der Waals surface area contributed by atoms with Gasteiger partial charge in [0.1, 0.15) is 0 Å². The van der Waals surface area contributed by atoms with Gasteiger partial charge in [0, 0.05) is 6.54 Å². The van der Waals surface area contributed by atoms with E-state index < -0.39 is 0 Å². The number of benzene rings is 1. The van der Waals surface area contributed by atoms with Crippen LogP contribution in [-0.2, 0) is 5.54 Å². The summed E-state index contributed by atoms with van der Waals surface area (Å²) in [6.45, 7) is 0.985. The molecular formula is C15H13N. The summed E-state index contributed by atoms with van der Waals surface area (Å²) in [6.07, 6.45) is 10.3. The lowest BCUT2D eigenvalue weighted by Gasteiger charge is -2.45. The second-order valence-electron chi connectivity index (χ2n) is 4.67. The van der Waals surface area contributed by atoms with E-state index in [0.29, 0.717) is 0 Å². The Kier molecular flexibility index (Phi) is 1.46. The van der Waals surface area contributed by atoms with Gasteiger partial charge in [-0.2, -0.15) is 0 Å². The second-order valence-corrected chi connectivity index (χ2v) is 4.67. The molecule has 78 valence electrons. The molecule has 2 heterocycles. The van der Waals surface area contributed by atoms with Crippen LogP contribution in [-0.4, -0.2) is 6.54 Å². The van der Waals surface area contributed by atoms with Crippen molar-refractivity contribution in [2.24, 2.45) is 0 Å². The summed E-state index contributed by atoms with van der Waals surface area (Å²) in [6, 6.07) is 8.75. The zero-order valence-corrected chi connectivity index (χ0v) is 9.03. The van der Waals surface area contributed by atoms with Crippen molar-refractivity contribution in [1.29, 1.82) is 0 Å². The topological polar surface area (TPSA) is 12.0 Å². The van der Waals surface area contributed by atoms with E-state index in [-0.39, 0.29) is 5.54 Å². The summed E-state index contributed by atoms with van der Waals surface area (Å²) in [4.78, 5) is 0. The third kappa shape index (κ3) is 0.856. The molecule has 0 aromatic heterocycles. The van der Waals surface area contributed by atoms with Crippen molar-refractivity contribution in [3.05, 3.63) is 65.3 Å². The van der Waals surface area contributed by atoms with Gasteiger partial charge in [-0.3, -0.25) is 5.32 Å². The number of allylic oxidation sites excluding steroid dienone is 2. The Hall–Kier alpha value is -1.60. The summed E-state index contributed by atoms with van der Waals surface area (Å²) in [5.41, 5.74) is 5.66. The zero-order valence-electron chi connectivity index (χ0n) is 9.03. The summed E-state index contributed by atoms with van der Waals surface area (Å²) in [7, 11) is 0. The molecule has 5 rings (SSSR count). The van der Waals surface area contributed by atoms with Gasteiger partial charge in [0.05, 0.1) is 5.54 Å². The fourth-order valence-corrected chi connectivity index (χ4v) is 3.12. The Morgan fingerprint density at radius 3 is 3.12 bits per heavy atom. The normalized spacial score (nSPS) is 29.2. The lowest BCUT2D eigenvalue weighted by Crippen LogP contribution is -2.50. The molecule has 0 saturated heterocycles. The first-order chi connectivity index (χ1) is 7.90. The van der Waals surface area contributed by atoms with Gasteiger partial charge in [0.2, 0.25) is 0 Å². The number of hydrogen-bond donors (Lipinski definition) is 1. The van der Waals surface area contributed by atoms with Crippen LogP contribution in [0.4, 0.5) is 0 Å². The Bertz CT molecular complexity index is 563. The van der Waals surface area contributed by atoms with Crippen molar-refractivity contribution in [3.63, 3.8) is 0 Å². The predicted molar refractivity (Wildman–Crippen MR) is 65.9 cm³/mol. The molecule has 1 heteroatoms. The molecule has 0 radical (unpaired) electrons. The molecule has 2 bridgehead atoms. The minimum Gasteiger partial charge on any atom is -0.296 e. The number of fused-ring (bicyclic) bond motifs is 1. The molecule has 1 spiro atoms. The molecule has 1 aromatic rings. The molecular weight excluding hydrogens is 194 g/mol. The van der Waals surface area contributed by atoms with Gasteiger partial charge in [-0.25, -0.2) is 0 Å². The second kappa shape index (κ2) is 2.74. The summed E-state index contributed by atoms with van der Waals surface area (Å²) < 4.78 is 0. The van der Waals surface area contributed by atoms with Gasteiger partial charge in [-0.15, -0.1) is 0 Å². The molecule has 1 atom stereocenters. The highest BCUT2D eigenvalue weighted by Crippen LogP contribution is 2.46. The van der Waals surface area contributed by atoms with E-state index in [1.54, 1.807) is 0 Å². The zero-order chi connectivity index (χ0) is 10.6. The number of rotatable bonds is 0. The van der Waals surface area contributed by atoms with Crippen molar-refractivity contribution in [2.45, 2.75) is 12.0 Å². The van der Waals surface area contributed by atoms with Crippen LogP contribution < -0.4 is 5.32 Å². The molecule has 1 aromatic carbocycles. The average Bonchev–Trinajstić information content (AvgIpc) is 2.39. The smallest absolute Gasteiger partial charge is 0.0883 e. The van der Waals surface area contributed by atoms with Crippen molar-refractivity contribution in [3.8, 4) is 0 Å². The molecule has 0 fully saturated rings. The fraction of sp³-hybridized carbons (Fsp3) is 0.200. The number of nitrogens with one attached hydrogen (secondary N) is 1. The quantitative estimate of drug-likeness (QED) is 0.645. The summed E-state index contributed by atoms with van der Waals surface area (Å²) >= 11 is 0. The Morgan fingerprint density at radius 1 is 1.19 bits per heavy atom. The van der Waals surface area contributed by atoms with Crippen molar-refractivity contribution >= 4 is 5.57 Å². The molecule has 16 heavy (non-hydrogen) atoms. The van der Waals surface area contributed by atoms with E-state index in [0.717, 1.165) is 13.0 Å². The predicted octanol–water partition coefficient (Wildman–Crippen LogP) is 2.77. The van der Waals surface area contributed by atoms with Gasteiger partial charge < -0.3 is 0 Å². The highest BCUT2D eigenvalue weighted by Gasteiger charge is 2.42. The summed E-state index contributed by atoms with van der Waals surface area (Å²) in [5.74, 6) is 0. The molecule has 0 saturated carbocycles. The first kappa shape index (κ1) is 8.54. The molecule has 1 N–H and O–H groups in total. The van der Waals surface area contributed by atoms with Gasteiger partial charge in [-0.1, -0.05) is 48.6 Å². The van der Waals surface area contributed by atoms with Crippen LogP contribution in [0.25, 0.3) is 5.57 Å². The van der Waals surface area contributed by atoms with Gasteiger partial charge >= 0.3 is 0 Å². The maximum atomic E-state index is 3.67. The van der Waals surface area contributed by atoms with Crippen LogP contribution in [0, 0.1) is 0 Å². The molecule has 2 aliphatic heterocycles. The molecule has 0 amide bonds. The Balaban J connectivity index is 2.11. The van der Waals surface area contributed by atoms with E-state index >= 15 is 0 Å². The highest BCUT2D eigenvalue weighted by atomic mass is 15.0. The fourth-order valence-electron chi connectivity index (χ4n) is 3.12. The Morgan fingerprint density at radius 2 is 2.12 bits per heavy atom. The maximum absolute atomic E-state index is 3.67. The maximum Gasteiger partial charge on any atom is 0.0883 e. The van der Waals surface area contributed by atoms with Crippen LogP contribution >= 0.6 is 0 Å². The van der Waals surface area contributed by atoms with Crippen LogP contribution in [0.2, 0.25) is 0 Å². The van der Waals surface area contributed by atoms with E-state index in [1.807, 2.05) is 0 Å². The SMILES string of the molecule is C1=CC23NCC(=CC2=CC1)c1ccccc13. The molecule has 4 aliphatic rings. The van der Waals surface area contributed by atoms with Gasteiger partial charge in [0.15, 0.2) is 0 Å². The highest BCUT2D eigenvalue weighted by molar-refractivity contribution is 5.82. The first-order valence-corrected chi connectivity index (χ1v) is 5.84. The van der Waals surface area contributed by atoms with E-state index in [2.05, 4.69) is 53.9 Å². The molecule has 1 unspecified atom stereocenters. The molecule has 1 nitrogen and oxygen atoms in total. The van der Waals surface area contributed by atoms with E-state index in [1.165, 1.54) is 22.3 Å². The van der Waals surface area contributed by atoms with E-state index in [9.17, 15) is 0 Å². The van der Waals surface area contributed by atoms with Crippen LogP contribution in [0.5, 0.6) is 0 Å². The van der Waals surface area contributed by atoms with E-state index in [4.69, 9.17) is 0 Å². The number of hydrogen-bond acceptors (Lipinski definition) is 1. The summed E-state index contributed by atoms with van der Waals surface area (Å²) in [5, 5.41) is 3.67. The van der Waals surface area contributed by atoms with Crippen LogP contribution in [0.1, 0.15) is 17.5 Å².